The summed E-state index contributed by atoms with van der Waals surface area (Å²) in [6, 6.07) is -0.288. The van der Waals surface area contributed by atoms with Crippen LogP contribution in [0, 0.1) is 5.92 Å². The summed E-state index contributed by atoms with van der Waals surface area (Å²) in [5, 5.41) is 2.88. The molecule has 2 atom stereocenters. The second-order valence-corrected chi connectivity index (χ2v) is 6.56. The van der Waals surface area contributed by atoms with E-state index in [1.807, 2.05) is 4.90 Å². The average molecular weight is 295 g/mol. The molecule has 0 aromatic rings. The van der Waals surface area contributed by atoms with Crippen molar-refractivity contribution in [1.29, 1.82) is 0 Å². The van der Waals surface area contributed by atoms with Gasteiger partial charge in [0.1, 0.15) is 6.04 Å². The first-order chi connectivity index (χ1) is 10.1. The van der Waals surface area contributed by atoms with Gasteiger partial charge in [-0.25, -0.2) is 0 Å². The maximum atomic E-state index is 12.4. The van der Waals surface area contributed by atoms with E-state index in [1.54, 1.807) is 6.92 Å². The van der Waals surface area contributed by atoms with Crippen LogP contribution >= 0.6 is 0 Å². The van der Waals surface area contributed by atoms with E-state index in [-0.39, 0.29) is 17.9 Å². The highest BCUT2D eigenvalue weighted by Gasteiger charge is 2.31. The molecular formula is C16H29N3O2. The van der Waals surface area contributed by atoms with Gasteiger partial charge in [0.2, 0.25) is 11.8 Å². The number of hydrogen-bond acceptors (Lipinski definition) is 3. The Hall–Kier alpha value is -1.10. The van der Waals surface area contributed by atoms with Gasteiger partial charge in [0.15, 0.2) is 0 Å². The van der Waals surface area contributed by atoms with Crippen LogP contribution in [0.3, 0.4) is 0 Å². The maximum absolute atomic E-state index is 12.4. The van der Waals surface area contributed by atoms with Crippen molar-refractivity contribution in [3.8, 4) is 0 Å². The smallest absolute Gasteiger partial charge is 0.245 e. The molecule has 5 heteroatoms. The van der Waals surface area contributed by atoms with Crippen molar-refractivity contribution in [2.45, 2.75) is 70.4 Å². The normalized spacial score (nSPS) is 24.9. The van der Waals surface area contributed by atoms with E-state index in [1.165, 1.54) is 19.3 Å². The summed E-state index contributed by atoms with van der Waals surface area (Å²) in [7, 11) is 0. The number of likely N-dealkylation sites (tertiary alicyclic amines) is 1. The number of carbonyl (C=O) groups is 2. The summed E-state index contributed by atoms with van der Waals surface area (Å²) in [6.07, 6.45) is 8.62. The fourth-order valence-electron chi connectivity index (χ4n) is 3.64. The molecule has 2 unspecified atom stereocenters. The molecular weight excluding hydrogens is 266 g/mol. The highest BCUT2D eigenvalue weighted by molar-refractivity contribution is 5.87. The zero-order chi connectivity index (χ0) is 15.2. The molecule has 0 bridgehead atoms. The van der Waals surface area contributed by atoms with Gasteiger partial charge in [-0.15, -0.1) is 0 Å². The lowest BCUT2D eigenvalue weighted by Crippen LogP contribution is -2.50. The minimum atomic E-state index is -0.437. The highest BCUT2D eigenvalue weighted by atomic mass is 16.2. The molecule has 21 heavy (non-hydrogen) atoms. The number of amides is 2. The first kappa shape index (κ1) is 16.3. The monoisotopic (exact) mass is 295 g/mol. The molecule has 0 aromatic heterocycles. The van der Waals surface area contributed by atoms with Gasteiger partial charge in [0.25, 0.3) is 0 Å². The summed E-state index contributed by atoms with van der Waals surface area (Å²) >= 11 is 0. The molecule has 1 saturated heterocycles. The summed E-state index contributed by atoms with van der Waals surface area (Å²) in [5.74, 6) is 0.538. The number of nitrogens with one attached hydrogen (secondary N) is 1. The molecule has 5 nitrogen and oxygen atoms in total. The van der Waals surface area contributed by atoms with Gasteiger partial charge in [0, 0.05) is 25.6 Å². The molecule has 0 spiro atoms. The van der Waals surface area contributed by atoms with Crippen molar-refractivity contribution in [1.82, 2.24) is 10.2 Å². The average Bonchev–Trinajstić information content (AvgIpc) is 2.95. The predicted octanol–water partition coefficient (Wildman–Crippen LogP) is 1.41. The zero-order valence-electron chi connectivity index (χ0n) is 13.1. The van der Waals surface area contributed by atoms with Gasteiger partial charge >= 0.3 is 0 Å². The van der Waals surface area contributed by atoms with E-state index in [4.69, 9.17) is 5.73 Å². The van der Waals surface area contributed by atoms with Gasteiger partial charge in [-0.05, 0) is 38.5 Å². The maximum Gasteiger partial charge on any atom is 0.245 e. The fraction of sp³-hybridized carbons (Fsp3) is 0.875. The van der Waals surface area contributed by atoms with Crippen LogP contribution in [0.1, 0.15) is 58.3 Å². The molecule has 1 saturated carbocycles. The minimum Gasteiger partial charge on any atom is -0.345 e. The van der Waals surface area contributed by atoms with Gasteiger partial charge in [0.05, 0.1) is 0 Å². The lowest BCUT2D eigenvalue weighted by atomic mass is 9.87. The Bertz CT molecular complexity index is 367. The molecule has 3 N–H and O–H groups in total. The first-order valence-corrected chi connectivity index (χ1v) is 8.41. The minimum absolute atomic E-state index is 0.0138. The van der Waals surface area contributed by atoms with Crippen LogP contribution in [-0.2, 0) is 9.59 Å². The van der Waals surface area contributed by atoms with Crippen molar-refractivity contribution in [2.75, 3.05) is 13.1 Å². The van der Waals surface area contributed by atoms with E-state index >= 15 is 0 Å². The summed E-state index contributed by atoms with van der Waals surface area (Å²) in [5.41, 5.74) is 5.71. The van der Waals surface area contributed by atoms with Gasteiger partial charge in [-0.1, -0.05) is 19.3 Å². The Labute approximate surface area is 127 Å². The molecule has 120 valence electrons. The van der Waals surface area contributed by atoms with Crippen LogP contribution in [0.25, 0.3) is 0 Å². The Balaban J connectivity index is 1.78. The van der Waals surface area contributed by atoms with E-state index in [9.17, 15) is 9.59 Å². The van der Waals surface area contributed by atoms with Gasteiger partial charge in [-0.3, -0.25) is 9.59 Å². The molecule has 2 amide bonds. The van der Waals surface area contributed by atoms with E-state index < -0.39 is 6.04 Å². The second kappa shape index (κ2) is 7.78. The van der Waals surface area contributed by atoms with Crippen molar-refractivity contribution in [3.63, 3.8) is 0 Å². The molecule has 1 aliphatic carbocycles. The Morgan fingerprint density at radius 1 is 1.19 bits per heavy atom. The van der Waals surface area contributed by atoms with Crippen LogP contribution < -0.4 is 11.1 Å². The van der Waals surface area contributed by atoms with Crippen molar-refractivity contribution in [3.05, 3.63) is 0 Å². The van der Waals surface area contributed by atoms with Gasteiger partial charge < -0.3 is 16.0 Å². The molecule has 2 rings (SSSR count). The standard InChI is InChI=1S/C16H29N3O2/c1-12(16(21)19-9-5-8-14(19)11-17)18-15(20)10-13-6-3-2-4-7-13/h12-14H,2-11,17H2,1H3,(H,18,20). The molecule has 1 aliphatic heterocycles. The third-order valence-electron chi connectivity index (χ3n) is 4.88. The molecule has 0 aromatic carbocycles. The fourth-order valence-corrected chi connectivity index (χ4v) is 3.64. The summed E-state index contributed by atoms with van der Waals surface area (Å²) in [6.45, 7) is 3.06. The SMILES string of the molecule is CC(NC(=O)CC1CCCCC1)C(=O)N1CCCC1CN. The molecule has 2 aliphatic rings. The van der Waals surface area contributed by atoms with Crippen molar-refractivity contribution < 1.29 is 9.59 Å². The number of nitrogens with two attached hydrogens (primary N) is 1. The van der Waals surface area contributed by atoms with Crippen LogP contribution in [0.4, 0.5) is 0 Å². The lowest BCUT2D eigenvalue weighted by Gasteiger charge is -2.27. The number of nitrogens with zero attached hydrogens (tertiary/aromatic N) is 1. The number of hydrogen-bond donors (Lipinski definition) is 2. The van der Waals surface area contributed by atoms with Crippen molar-refractivity contribution in [2.24, 2.45) is 11.7 Å². The number of rotatable bonds is 5. The third-order valence-corrected chi connectivity index (χ3v) is 4.88. The number of carbonyl (C=O) groups excluding carboxylic acids is 2. The van der Waals surface area contributed by atoms with E-state index in [0.717, 1.165) is 32.2 Å². The van der Waals surface area contributed by atoms with Crippen LogP contribution in [-0.4, -0.2) is 41.9 Å². The first-order valence-electron chi connectivity index (χ1n) is 8.41. The predicted molar refractivity (Wildman–Crippen MR) is 82.6 cm³/mol. The van der Waals surface area contributed by atoms with E-state index in [2.05, 4.69) is 5.32 Å². The third kappa shape index (κ3) is 4.43. The van der Waals surface area contributed by atoms with Crippen LogP contribution in [0.15, 0.2) is 0 Å². The zero-order valence-corrected chi connectivity index (χ0v) is 13.1. The second-order valence-electron chi connectivity index (χ2n) is 6.56. The molecule has 2 fully saturated rings. The Kier molecular flexibility index (Phi) is 6.03. The van der Waals surface area contributed by atoms with Crippen LogP contribution in [0.2, 0.25) is 0 Å². The van der Waals surface area contributed by atoms with Gasteiger partial charge in [-0.2, -0.15) is 0 Å². The highest BCUT2D eigenvalue weighted by Crippen LogP contribution is 2.26. The lowest BCUT2D eigenvalue weighted by molar-refractivity contribution is -0.136. The Morgan fingerprint density at radius 3 is 2.57 bits per heavy atom. The van der Waals surface area contributed by atoms with Crippen LogP contribution in [0.5, 0.6) is 0 Å². The van der Waals surface area contributed by atoms with E-state index in [0.29, 0.717) is 18.9 Å². The summed E-state index contributed by atoms with van der Waals surface area (Å²) in [4.78, 5) is 26.3. The summed E-state index contributed by atoms with van der Waals surface area (Å²) < 4.78 is 0. The Morgan fingerprint density at radius 2 is 1.90 bits per heavy atom. The largest absolute Gasteiger partial charge is 0.345 e. The topological polar surface area (TPSA) is 75.4 Å². The molecule has 0 radical (unpaired) electrons. The van der Waals surface area contributed by atoms with Crippen molar-refractivity contribution >= 4 is 11.8 Å². The quantitative estimate of drug-likeness (QED) is 0.805. The molecule has 1 heterocycles.